The van der Waals surface area contributed by atoms with Gasteiger partial charge in [0, 0.05) is 24.5 Å². The Balaban J connectivity index is 1.85. The van der Waals surface area contributed by atoms with Gasteiger partial charge in [0.25, 0.3) is 11.5 Å². The number of hydrogen-bond donors (Lipinski definition) is 1. The van der Waals surface area contributed by atoms with Crippen LogP contribution in [0.15, 0.2) is 47.3 Å². The minimum Gasteiger partial charge on any atom is -0.490 e. The molecule has 0 aliphatic carbocycles. The number of hydrogen-bond acceptors (Lipinski definition) is 3. The molecule has 0 saturated heterocycles. The van der Waals surface area contributed by atoms with Crippen LogP contribution in [0.4, 0.5) is 18.9 Å². The Bertz CT molecular complexity index is 1270. The smallest absolute Gasteiger partial charge is 0.416 e. The topological polar surface area (TPSA) is 64.7 Å². The van der Waals surface area contributed by atoms with Gasteiger partial charge in [0.2, 0.25) is 0 Å². The first-order valence-electron chi connectivity index (χ1n) is 9.70. The first kappa shape index (κ1) is 22.9. The van der Waals surface area contributed by atoms with Crippen LogP contribution in [0.1, 0.15) is 27.9 Å². The summed E-state index contributed by atoms with van der Waals surface area (Å²) in [6, 6.07) is 9.93. The lowest BCUT2D eigenvalue weighted by Crippen LogP contribution is -2.29. The number of alkyl halides is 3. The van der Waals surface area contributed by atoms with Crippen molar-refractivity contribution >= 4 is 22.5 Å². The molecule has 0 aliphatic heterocycles. The van der Waals surface area contributed by atoms with Crippen molar-refractivity contribution in [3.05, 3.63) is 80.9 Å². The molecule has 0 bridgehead atoms. The van der Waals surface area contributed by atoms with E-state index in [4.69, 9.17) is 11.3 Å². The van der Waals surface area contributed by atoms with Crippen molar-refractivity contribution in [1.29, 1.82) is 0 Å². The quantitative estimate of drug-likeness (QED) is 0.451. The van der Waals surface area contributed by atoms with Crippen LogP contribution in [0.25, 0.3) is 15.7 Å². The number of nitrogens with one attached hydrogen (secondary N) is 1. The van der Waals surface area contributed by atoms with E-state index in [1.54, 1.807) is 12.1 Å². The molecule has 32 heavy (non-hydrogen) atoms. The van der Waals surface area contributed by atoms with Crippen LogP contribution < -0.4 is 15.6 Å². The van der Waals surface area contributed by atoms with Crippen molar-refractivity contribution in [2.24, 2.45) is 7.05 Å². The Morgan fingerprint density at radius 2 is 1.94 bits per heavy atom. The summed E-state index contributed by atoms with van der Waals surface area (Å²) >= 11 is 0. The molecule has 1 heterocycles. The third kappa shape index (κ3) is 4.44. The van der Waals surface area contributed by atoms with Crippen LogP contribution in [0, 0.1) is 6.57 Å². The number of nitrogens with zero attached hydrogens (tertiary/aromatic N) is 2. The van der Waals surface area contributed by atoms with E-state index in [1.807, 2.05) is 0 Å². The third-order valence-corrected chi connectivity index (χ3v) is 5.13. The molecule has 0 saturated carbocycles. The molecule has 2 aromatic carbocycles. The summed E-state index contributed by atoms with van der Waals surface area (Å²) in [5.41, 5.74) is -0.333. The molecule has 1 amide bonds. The number of benzene rings is 2. The van der Waals surface area contributed by atoms with Gasteiger partial charge in [0.15, 0.2) is 11.4 Å². The Morgan fingerprint density at radius 1 is 1.22 bits per heavy atom. The lowest BCUT2D eigenvalue weighted by atomic mass is 10.0. The number of rotatable bonds is 6. The van der Waals surface area contributed by atoms with E-state index in [0.717, 1.165) is 6.07 Å². The molecule has 0 spiro atoms. The molecule has 9 heteroatoms. The highest BCUT2D eigenvalue weighted by atomic mass is 19.4. The van der Waals surface area contributed by atoms with E-state index in [2.05, 4.69) is 10.2 Å². The predicted octanol–water partition coefficient (Wildman–Crippen LogP) is 4.48. The van der Waals surface area contributed by atoms with Crippen molar-refractivity contribution in [2.75, 3.05) is 13.7 Å². The normalized spacial score (nSPS) is 11.2. The van der Waals surface area contributed by atoms with Crippen LogP contribution in [0.2, 0.25) is 0 Å². The molecule has 0 radical (unpaired) electrons. The summed E-state index contributed by atoms with van der Waals surface area (Å²) < 4.78 is 45.9. The lowest BCUT2D eigenvalue weighted by Gasteiger charge is -2.15. The van der Waals surface area contributed by atoms with Gasteiger partial charge in [0.1, 0.15) is 0 Å². The minimum atomic E-state index is -4.45. The summed E-state index contributed by atoms with van der Waals surface area (Å²) in [5, 5.41) is 3.03. The first-order valence-corrected chi connectivity index (χ1v) is 9.70. The zero-order chi connectivity index (χ0) is 23.5. The fraction of sp³-hybridized carbons (Fsp3) is 0.261. The summed E-state index contributed by atoms with van der Waals surface area (Å²) in [7, 11) is 2.80. The number of amides is 1. The largest absolute Gasteiger partial charge is 0.490 e. The van der Waals surface area contributed by atoms with Crippen LogP contribution in [0.5, 0.6) is 5.75 Å². The van der Waals surface area contributed by atoms with Crippen molar-refractivity contribution in [3.63, 3.8) is 0 Å². The SMILES string of the molecule is [C-]#[N+]c1ccc2c(c1)c(C(=O)NCCCc1ccccc1C(F)(F)F)c(OC)c(=O)n2C. The average molecular weight is 443 g/mol. The van der Waals surface area contributed by atoms with Crippen LogP contribution in [0.3, 0.4) is 0 Å². The molecule has 0 atom stereocenters. The Morgan fingerprint density at radius 3 is 2.59 bits per heavy atom. The van der Waals surface area contributed by atoms with Crippen molar-refractivity contribution in [1.82, 2.24) is 9.88 Å². The fourth-order valence-corrected chi connectivity index (χ4v) is 3.58. The van der Waals surface area contributed by atoms with Gasteiger partial charge in [-0.25, -0.2) is 4.85 Å². The van der Waals surface area contributed by atoms with Gasteiger partial charge in [-0.1, -0.05) is 24.3 Å². The fourth-order valence-electron chi connectivity index (χ4n) is 3.58. The molecule has 0 fully saturated rings. The molecule has 166 valence electrons. The van der Waals surface area contributed by atoms with E-state index >= 15 is 0 Å². The highest BCUT2D eigenvalue weighted by Crippen LogP contribution is 2.32. The van der Waals surface area contributed by atoms with Crippen LogP contribution >= 0.6 is 0 Å². The van der Waals surface area contributed by atoms with Crippen molar-refractivity contribution in [2.45, 2.75) is 19.0 Å². The van der Waals surface area contributed by atoms with Gasteiger partial charge in [-0.15, -0.1) is 0 Å². The number of ether oxygens (including phenoxy) is 1. The van der Waals surface area contributed by atoms with Crippen LogP contribution in [-0.4, -0.2) is 24.1 Å². The average Bonchev–Trinajstić information content (AvgIpc) is 2.77. The maximum atomic E-state index is 13.1. The number of pyridine rings is 1. The summed E-state index contributed by atoms with van der Waals surface area (Å²) in [6.07, 6.45) is -4.07. The van der Waals surface area contributed by atoms with E-state index < -0.39 is 23.2 Å². The van der Waals surface area contributed by atoms with Crippen LogP contribution in [-0.2, 0) is 19.6 Å². The number of carbonyl (C=O) groups is 1. The summed E-state index contributed by atoms with van der Waals surface area (Å²) in [4.78, 5) is 28.9. The number of fused-ring (bicyclic) bond motifs is 1. The number of methoxy groups -OCH3 is 1. The first-order chi connectivity index (χ1) is 15.2. The second kappa shape index (κ2) is 9.14. The van der Waals surface area contributed by atoms with Gasteiger partial charge in [-0.3, -0.25) is 9.59 Å². The van der Waals surface area contributed by atoms with E-state index in [1.165, 1.54) is 43.0 Å². The Hall–Kier alpha value is -3.80. The second-order valence-electron chi connectivity index (χ2n) is 7.10. The van der Waals surface area contributed by atoms with E-state index in [-0.39, 0.29) is 42.0 Å². The summed E-state index contributed by atoms with van der Waals surface area (Å²) in [6.45, 7) is 7.31. The van der Waals surface area contributed by atoms with Gasteiger partial charge in [-0.05, 0) is 36.6 Å². The molecular formula is C23H20F3N3O3. The summed E-state index contributed by atoms with van der Waals surface area (Å²) in [5.74, 6) is -0.766. The van der Waals surface area contributed by atoms with Gasteiger partial charge >= 0.3 is 6.18 Å². The molecule has 1 N–H and O–H groups in total. The molecule has 0 aliphatic rings. The third-order valence-electron chi connectivity index (χ3n) is 5.13. The Labute approximate surface area is 182 Å². The Kier molecular flexibility index (Phi) is 6.53. The molecule has 0 unspecified atom stereocenters. The molecule has 3 aromatic rings. The second-order valence-corrected chi connectivity index (χ2v) is 7.10. The van der Waals surface area contributed by atoms with Gasteiger partial charge in [0.05, 0.1) is 24.8 Å². The molecule has 6 nitrogen and oxygen atoms in total. The molecular weight excluding hydrogens is 423 g/mol. The predicted molar refractivity (Wildman–Crippen MR) is 114 cm³/mol. The number of halogens is 3. The standard InChI is InChI=1S/C23H20F3N3O3/c1-27-15-10-11-18-16(13-15)19(20(32-3)22(31)29(18)2)21(30)28-12-6-8-14-7-4-5-9-17(14)23(24,25)26/h4-5,7,9-11,13H,6,8,12H2,2-3H3,(H,28,30). The highest BCUT2D eigenvalue weighted by molar-refractivity contribution is 6.09. The maximum Gasteiger partial charge on any atom is 0.416 e. The van der Waals surface area contributed by atoms with Gasteiger partial charge in [-0.2, -0.15) is 13.2 Å². The number of carbonyl (C=O) groups excluding carboxylic acids is 1. The van der Waals surface area contributed by atoms with Crippen molar-refractivity contribution in [3.8, 4) is 5.75 Å². The monoisotopic (exact) mass is 443 g/mol. The number of aryl methyl sites for hydroxylation is 2. The molecule has 1 aromatic heterocycles. The molecule has 3 rings (SSSR count). The van der Waals surface area contributed by atoms with E-state index in [0.29, 0.717) is 10.9 Å². The number of aromatic nitrogens is 1. The highest BCUT2D eigenvalue weighted by Gasteiger charge is 2.32. The zero-order valence-electron chi connectivity index (χ0n) is 17.4. The lowest BCUT2D eigenvalue weighted by molar-refractivity contribution is -0.138. The zero-order valence-corrected chi connectivity index (χ0v) is 17.4. The van der Waals surface area contributed by atoms with Gasteiger partial charge < -0.3 is 14.6 Å². The van der Waals surface area contributed by atoms with E-state index in [9.17, 15) is 22.8 Å². The maximum absolute atomic E-state index is 13.1. The van der Waals surface area contributed by atoms with Crippen molar-refractivity contribution < 1.29 is 22.7 Å². The minimum absolute atomic E-state index is 0.00760.